The average molecular weight is 265 g/mol. The van der Waals surface area contributed by atoms with Gasteiger partial charge in [0.25, 0.3) is 0 Å². The number of nitrogens with two attached hydrogens (primary N) is 1. The molecule has 0 amide bonds. The van der Waals surface area contributed by atoms with E-state index in [1.54, 1.807) is 6.20 Å². The molecule has 0 atom stereocenters. The number of benzene rings is 2. The van der Waals surface area contributed by atoms with Crippen LogP contribution in [-0.2, 0) is 6.54 Å². The van der Waals surface area contributed by atoms with E-state index in [0.29, 0.717) is 6.54 Å². The van der Waals surface area contributed by atoms with Crippen molar-refractivity contribution in [3.05, 3.63) is 66.5 Å². The van der Waals surface area contributed by atoms with Crippen LogP contribution >= 0.6 is 0 Å². The Kier molecular flexibility index (Phi) is 3.48. The molecule has 4 heteroatoms. The molecule has 1 aromatic heterocycles. The SMILES string of the molecule is NCc1[nH]ncc1-c1ccc(Oc2ccccc2)cc1. The number of para-hydroxylation sites is 1. The molecular weight excluding hydrogens is 250 g/mol. The van der Waals surface area contributed by atoms with Gasteiger partial charge in [0.2, 0.25) is 0 Å². The summed E-state index contributed by atoms with van der Waals surface area (Å²) >= 11 is 0. The molecular formula is C16H15N3O. The summed E-state index contributed by atoms with van der Waals surface area (Å²) in [5.74, 6) is 1.63. The third kappa shape index (κ3) is 2.55. The highest BCUT2D eigenvalue weighted by molar-refractivity contribution is 5.65. The molecule has 0 unspecified atom stereocenters. The summed E-state index contributed by atoms with van der Waals surface area (Å²) in [6.45, 7) is 0.442. The number of aromatic amines is 1. The van der Waals surface area contributed by atoms with E-state index < -0.39 is 0 Å². The molecule has 0 aliphatic heterocycles. The summed E-state index contributed by atoms with van der Waals surface area (Å²) in [6.07, 6.45) is 1.79. The number of hydrogen-bond donors (Lipinski definition) is 2. The standard InChI is InChI=1S/C16H15N3O/c17-10-16-15(11-18-19-16)12-6-8-14(9-7-12)20-13-4-2-1-3-5-13/h1-9,11H,10,17H2,(H,18,19). The first kappa shape index (κ1) is 12.4. The molecule has 0 spiro atoms. The molecule has 0 saturated heterocycles. The van der Waals surface area contributed by atoms with Gasteiger partial charge in [-0.15, -0.1) is 0 Å². The number of rotatable bonds is 4. The van der Waals surface area contributed by atoms with Crippen LogP contribution in [0.15, 0.2) is 60.8 Å². The minimum atomic E-state index is 0.442. The van der Waals surface area contributed by atoms with E-state index in [1.807, 2.05) is 54.6 Å². The average Bonchev–Trinajstić information content (AvgIpc) is 2.98. The summed E-state index contributed by atoms with van der Waals surface area (Å²) in [5, 5.41) is 6.93. The van der Waals surface area contributed by atoms with Crippen molar-refractivity contribution in [3.8, 4) is 22.6 Å². The molecule has 0 aliphatic rings. The van der Waals surface area contributed by atoms with Gasteiger partial charge in [-0.05, 0) is 29.8 Å². The number of aromatic nitrogens is 2. The minimum absolute atomic E-state index is 0.442. The third-order valence-electron chi connectivity index (χ3n) is 3.07. The van der Waals surface area contributed by atoms with Crippen molar-refractivity contribution in [1.29, 1.82) is 0 Å². The second-order valence-electron chi connectivity index (χ2n) is 4.41. The van der Waals surface area contributed by atoms with Crippen molar-refractivity contribution in [1.82, 2.24) is 10.2 Å². The van der Waals surface area contributed by atoms with Crippen LogP contribution < -0.4 is 10.5 Å². The predicted molar refractivity (Wildman–Crippen MR) is 78.4 cm³/mol. The second-order valence-corrected chi connectivity index (χ2v) is 4.41. The van der Waals surface area contributed by atoms with Crippen LogP contribution in [0, 0.1) is 0 Å². The highest BCUT2D eigenvalue weighted by atomic mass is 16.5. The van der Waals surface area contributed by atoms with Crippen molar-refractivity contribution in [2.24, 2.45) is 5.73 Å². The minimum Gasteiger partial charge on any atom is -0.457 e. The highest BCUT2D eigenvalue weighted by Gasteiger charge is 2.06. The van der Waals surface area contributed by atoms with Crippen molar-refractivity contribution in [3.63, 3.8) is 0 Å². The topological polar surface area (TPSA) is 63.9 Å². The zero-order chi connectivity index (χ0) is 13.8. The molecule has 0 saturated carbocycles. The van der Waals surface area contributed by atoms with Crippen LogP contribution in [0.2, 0.25) is 0 Å². The van der Waals surface area contributed by atoms with Gasteiger partial charge >= 0.3 is 0 Å². The van der Waals surface area contributed by atoms with Crippen LogP contribution in [-0.4, -0.2) is 10.2 Å². The third-order valence-corrected chi connectivity index (χ3v) is 3.07. The Morgan fingerprint density at radius 2 is 1.65 bits per heavy atom. The maximum Gasteiger partial charge on any atom is 0.127 e. The molecule has 3 rings (SSSR count). The molecule has 4 nitrogen and oxygen atoms in total. The number of nitrogens with one attached hydrogen (secondary N) is 1. The maximum atomic E-state index is 5.76. The Morgan fingerprint density at radius 3 is 2.35 bits per heavy atom. The van der Waals surface area contributed by atoms with Gasteiger partial charge in [-0.2, -0.15) is 5.10 Å². The van der Waals surface area contributed by atoms with E-state index in [0.717, 1.165) is 28.3 Å². The van der Waals surface area contributed by atoms with E-state index >= 15 is 0 Å². The van der Waals surface area contributed by atoms with Crippen LogP contribution in [0.25, 0.3) is 11.1 Å². The summed E-state index contributed by atoms with van der Waals surface area (Å²) in [7, 11) is 0. The summed E-state index contributed by atoms with van der Waals surface area (Å²) < 4.78 is 5.76. The molecule has 0 fully saturated rings. The smallest absolute Gasteiger partial charge is 0.127 e. The van der Waals surface area contributed by atoms with Crippen molar-refractivity contribution in [2.45, 2.75) is 6.54 Å². The number of H-pyrrole nitrogens is 1. The van der Waals surface area contributed by atoms with Crippen LogP contribution in [0.4, 0.5) is 0 Å². The molecule has 1 heterocycles. The van der Waals surface area contributed by atoms with Crippen LogP contribution in [0.1, 0.15) is 5.69 Å². The summed E-state index contributed by atoms with van der Waals surface area (Å²) in [4.78, 5) is 0. The first-order chi connectivity index (χ1) is 9.86. The molecule has 3 aromatic rings. The van der Waals surface area contributed by atoms with Crippen molar-refractivity contribution >= 4 is 0 Å². The molecule has 0 bridgehead atoms. The maximum absolute atomic E-state index is 5.76. The van der Waals surface area contributed by atoms with Crippen molar-refractivity contribution < 1.29 is 4.74 Å². The normalized spacial score (nSPS) is 10.4. The fourth-order valence-electron chi connectivity index (χ4n) is 2.04. The predicted octanol–water partition coefficient (Wildman–Crippen LogP) is 3.33. The van der Waals surface area contributed by atoms with Crippen LogP contribution in [0.3, 0.4) is 0 Å². The number of nitrogens with zero attached hydrogens (tertiary/aromatic N) is 1. The Hall–Kier alpha value is -2.59. The molecule has 0 radical (unpaired) electrons. The lowest BCUT2D eigenvalue weighted by Gasteiger charge is -2.06. The zero-order valence-electron chi connectivity index (χ0n) is 10.9. The van der Waals surface area contributed by atoms with Crippen LogP contribution in [0.5, 0.6) is 11.5 Å². The van der Waals surface area contributed by atoms with E-state index in [9.17, 15) is 0 Å². The summed E-state index contributed by atoms with van der Waals surface area (Å²) in [5.41, 5.74) is 8.70. The van der Waals surface area contributed by atoms with Gasteiger partial charge in [0.05, 0.1) is 11.9 Å². The fourth-order valence-corrected chi connectivity index (χ4v) is 2.04. The van der Waals surface area contributed by atoms with Gasteiger partial charge in [0, 0.05) is 12.1 Å². The number of hydrogen-bond acceptors (Lipinski definition) is 3. The molecule has 20 heavy (non-hydrogen) atoms. The Morgan fingerprint density at radius 1 is 0.950 bits per heavy atom. The lowest BCUT2D eigenvalue weighted by atomic mass is 10.1. The molecule has 0 aliphatic carbocycles. The Bertz CT molecular complexity index is 674. The largest absolute Gasteiger partial charge is 0.457 e. The lowest BCUT2D eigenvalue weighted by molar-refractivity contribution is 0.483. The Balaban J connectivity index is 1.81. The second kappa shape index (κ2) is 5.59. The Labute approximate surface area is 117 Å². The quantitative estimate of drug-likeness (QED) is 0.760. The van der Waals surface area contributed by atoms with Gasteiger partial charge in [-0.25, -0.2) is 0 Å². The van der Waals surface area contributed by atoms with E-state index in [1.165, 1.54) is 0 Å². The monoisotopic (exact) mass is 265 g/mol. The summed E-state index contributed by atoms with van der Waals surface area (Å²) in [6, 6.07) is 17.6. The fraction of sp³-hybridized carbons (Fsp3) is 0.0625. The molecule has 3 N–H and O–H groups in total. The van der Waals surface area contributed by atoms with Crippen molar-refractivity contribution in [2.75, 3.05) is 0 Å². The van der Waals surface area contributed by atoms with Gasteiger partial charge < -0.3 is 10.5 Å². The highest BCUT2D eigenvalue weighted by Crippen LogP contribution is 2.26. The molecule has 100 valence electrons. The van der Waals surface area contributed by atoms with E-state index in [-0.39, 0.29) is 0 Å². The number of ether oxygens (including phenoxy) is 1. The van der Waals surface area contributed by atoms with Gasteiger partial charge in [0.15, 0.2) is 0 Å². The molecule has 2 aromatic carbocycles. The van der Waals surface area contributed by atoms with Gasteiger partial charge in [0.1, 0.15) is 11.5 Å². The zero-order valence-corrected chi connectivity index (χ0v) is 10.9. The van der Waals surface area contributed by atoms with E-state index in [2.05, 4.69) is 10.2 Å². The van der Waals surface area contributed by atoms with Gasteiger partial charge in [-0.3, -0.25) is 5.10 Å². The van der Waals surface area contributed by atoms with E-state index in [4.69, 9.17) is 10.5 Å². The lowest BCUT2D eigenvalue weighted by Crippen LogP contribution is -1.98. The first-order valence-corrected chi connectivity index (χ1v) is 6.42. The first-order valence-electron chi connectivity index (χ1n) is 6.42. The van der Waals surface area contributed by atoms with Gasteiger partial charge in [-0.1, -0.05) is 30.3 Å².